The van der Waals surface area contributed by atoms with Gasteiger partial charge in [-0.25, -0.2) is 0 Å². The summed E-state index contributed by atoms with van der Waals surface area (Å²) < 4.78 is 0. The van der Waals surface area contributed by atoms with Gasteiger partial charge in [0.15, 0.2) is 0 Å². The number of nitrogens with one attached hydrogen (secondary N) is 1. The van der Waals surface area contributed by atoms with Crippen LogP contribution in [0.2, 0.25) is 0 Å². The smallest absolute Gasteiger partial charge is 0.249 e. The minimum absolute atomic E-state index is 0.310. The number of aliphatic hydroxyl groups is 3. The Morgan fingerprint density at radius 2 is 0.679 bits per heavy atom. The zero-order valence-corrected chi connectivity index (χ0v) is 38.0. The molecule has 3 unspecified atom stereocenters. The molecule has 3 atom stereocenters. The quantitative estimate of drug-likeness (QED) is 0.0365. The molecule has 0 aliphatic carbocycles. The minimum atomic E-state index is -1.07. The summed E-state index contributed by atoms with van der Waals surface area (Å²) in [5, 5.41) is 33.4. The molecule has 0 saturated heterocycles. The Morgan fingerprint density at radius 3 is 0.982 bits per heavy atom. The third-order valence-electron chi connectivity index (χ3n) is 12.1. The van der Waals surface area contributed by atoms with Crippen molar-refractivity contribution >= 4 is 5.91 Å². The molecule has 0 radical (unpaired) electrons. The van der Waals surface area contributed by atoms with Crippen LogP contribution in [0, 0.1) is 0 Å². The van der Waals surface area contributed by atoms with Crippen molar-refractivity contribution in [2.45, 2.75) is 302 Å². The maximum atomic E-state index is 12.5. The van der Waals surface area contributed by atoms with Crippen LogP contribution in [0.25, 0.3) is 0 Å². The number of carbonyl (C=O) groups is 1. The topological polar surface area (TPSA) is 89.8 Å². The minimum Gasteiger partial charge on any atom is -0.394 e. The monoisotopic (exact) mass is 792 g/mol. The highest BCUT2D eigenvalue weighted by atomic mass is 16.3. The summed E-state index contributed by atoms with van der Waals surface area (Å²) in [7, 11) is 0. The molecule has 0 bridgehead atoms. The molecular formula is C51H101NO4. The summed E-state index contributed by atoms with van der Waals surface area (Å²) in [5.41, 5.74) is 0. The molecule has 334 valence electrons. The number of allylic oxidation sites excluding steroid dienone is 2. The van der Waals surface area contributed by atoms with E-state index in [-0.39, 0.29) is 6.61 Å². The molecule has 0 aromatic rings. The van der Waals surface area contributed by atoms with Crippen LogP contribution in [0.1, 0.15) is 284 Å². The van der Waals surface area contributed by atoms with Crippen LogP contribution < -0.4 is 5.32 Å². The fraction of sp³-hybridized carbons (Fsp3) is 0.941. The summed E-state index contributed by atoms with van der Waals surface area (Å²) in [6, 6.07) is -0.709. The third kappa shape index (κ3) is 41.3. The second-order valence-corrected chi connectivity index (χ2v) is 17.7. The maximum absolute atomic E-state index is 12.5. The summed E-state index contributed by atoms with van der Waals surface area (Å²) in [5.74, 6) is -0.467. The van der Waals surface area contributed by atoms with Gasteiger partial charge in [0.25, 0.3) is 0 Å². The summed E-state index contributed by atoms with van der Waals surface area (Å²) in [6.07, 6.45) is 56.7. The van der Waals surface area contributed by atoms with Crippen molar-refractivity contribution in [3.05, 3.63) is 12.2 Å². The van der Waals surface area contributed by atoms with Crippen LogP contribution in [-0.2, 0) is 4.79 Å². The van der Waals surface area contributed by atoms with E-state index >= 15 is 0 Å². The molecule has 0 aliphatic rings. The lowest BCUT2D eigenvalue weighted by Gasteiger charge is -2.23. The average molecular weight is 792 g/mol. The highest BCUT2D eigenvalue weighted by Crippen LogP contribution is 2.17. The van der Waals surface area contributed by atoms with E-state index in [0.29, 0.717) is 12.8 Å². The molecule has 0 saturated carbocycles. The van der Waals surface area contributed by atoms with E-state index in [4.69, 9.17) is 0 Å². The lowest BCUT2D eigenvalue weighted by atomic mass is 10.0. The lowest BCUT2D eigenvalue weighted by Crippen LogP contribution is -2.49. The second kappa shape index (κ2) is 46.8. The van der Waals surface area contributed by atoms with Gasteiger partial charge in [-0.05, 0) is 38.5 Å². The van der Waals surface area contributed by atoms with E-state index in [0.717, 1.165) is 32.1 Å². The van der Waals surface area contributed by atoms with Gasteiger partial charge in [0.1, 0.15) is 6.10 Å². The van der Waals surface area contributed by atoms with E-state index in [1.807, 2.05) is 0 Å². The predicted molar refractivity (Wildman–Crippen MR) is 245 cm³/mol. The van der Waals surface area contributed by atoms with E-state index in [9.17, 15) is 20.1 Å². The van der Waals surface area contributed by atoms with Crippen molar-refractivity contribution in [1.82, 2.24) is 5.32 Å². The first-order valence-electron chi connectivity index (χ1n) is 25.5. The molecule has 0 rings (SSSR count). The van der Waals surface area contributed by atoms with E-state index in [2.05, 4.69) is 31.3 Å². The van der Waals surface area contributed by atoms with E-state index < -0.39 is 24.2 Å². The molecule has 0 heterocycles. The van der Waals surface area contributed by atoms with Gasteiger partial charge in [-0.3, -0.25) is 4.79 Å². The largest absolute Gasteiger partial charge is 0.394 e. The molecule has 0 aromatic heterocycles. The highest BCUT2D eigenvalue weighted by Gasteiger charge is 2.23. The van der Waals surface area contributed by atoms with Crippen molar-refractivity contribution in [3.8, 4) is 0 Å². The number of hydrogen-bond acceptors (Lipinski definition) is 4. The van der Waals surface area contributed by atoms with Gasteiger partial charge >= 0.3 is 0 Å². The van der Waals surface area contributed by atoms with Crippen molar-refractivity contribution in [3.63, 3.8) is 0 Å². The molecule has 0 aromatic carbocycles. The number of amides is 1. The Kier molecular flexibility index (Phi) is 46.0. The number of unbranched alkanes of at least 4 members (excludes halogenated alkanes) is 37. The molecule has 1 amide bonds. The molecule has 5 nitrogen and oxygen atoms in total. The van der Waals surface area contributed by atoms with Gasteiger partial charge in [0, 0.05) is 0 Å². The first kappa shape index (κ1) is 55.1. The van der Waals surface area contributed by atoms with Crippen LogP contribution >= 0.6 is 0 Å². The van der Waals surface area contributed by atoms with Crippen molar-refractivity contribution < 1.29 is 20.1 Å². The zero-order chi connectivity index (χ0) is 40.8. The average Bonchev–Trinajstić information content (AvgIpc) is 3.20. The van der Waals surface area contributed by atoms with Crippen LogP contribution in [0.4, 0.5) is 0 Å². The van der Waals surface area contributed by atoms with Gasteiger partial charge in [-0.15, -0.1) is 0 Å². The van der Waals surface area contributed by atoms with Gasteiger partial charge in [0.2, 0.25) is 5.91 Å². The number of hydrogen-bond donors (Lipinski definition) is 4. The van der Waals surface area contributed by atoms with Gasteiger partial charge in [-0.1, -0.05) is 257 Å². The van der Waals surface area contributed by atoms with Crippen molar-refractivity contribution in [2.24, 2.45) is 0 Å². The maximum Gasteiger partial charge on any atom is 0.249 e. The van der Waals surface area contributed by atoms with Crippen LogP contribution in [-0.4, -0.2) is 46.1 Å². The van der Waals surface area contributed by atoms with E-state index in [1.165, 1.54) is 225 Å². The van der Waals surface area contributed by atoms with Crippen LogP contribution in [0.3, 0.4) is 0 Å². The lowest BCUT2D eigenvalue weighted by molar-refractivity contribution is -0.131. The van der Waals surface area contributed by atoms with Crippen molar-refractivity contribution in [1.29, 1.82) is 0 Å². The van der Waals surface area contributed by atoms with Gasteiger partial charge in [0.05, 0.1) is 18.8 Å². The van der Waals surface area contributed by atoms with Gasteiger partial charge < -0.3 is 20.6 Å². The third-order valence-corrected chi connectivity index (χ3v) is 12.1. The predicted octanol–water partition coefficient (Wildman–Crippen LogP) is 15.2. The summed E-state index contributed by atoms with van der Waals surface area (Å²) >= 11 is 0. The molecule has 4 N–H and O–H groups in total. The molecule has 0 spiro atoms. The Hall–Kier alpha value is -0.910. The molecule has 56 heavy (non-hydrogen) atoms. The number of aliphatic hydroxyl groups excluding tert-OH is 3. The van der Waals surface area contributed by atoms with Crippen LogP contribution in [0.5, 0.6) is 0 Å². The number of rotatable bonds is 47. The highest BCUT2D eigenvalue weighted by molar-refractivity contribution is 5.80. The standard InChI is InChI=1S/C51H101NO4/c1-3-5-7-9-11-13-15-17-19-20-21-22-23-24-25-26-27-28-29-30-32-34-36-38-40-42-44-46-50(55)51(56)52-48(47-53)49(54)45-43-41-39-37-35-33-31-18-16-14-12-10-8-6-4-2/h24-25,48-50,53-55H,3-23,26-47H2,1-2H3,(H,52,56)/b25-24-. The zero-order valence-electron chi connectivity index (χ0n) is 38.0. The molecular weight excluding hydrogens is 691 g/mol. The van der Waals surface area contributed by atoms with E-state index in [1.54, 1.807) is 0 Å². The van der Waals surface area contributed by atoms with Crippen molar-refractivity contribution in [2.75, 3.05) is 6.61 Å². The first-order chi connectivity index (χ1) is 27.6. The molecule has 0 aliphatic heterocycles. The fourth-order valence-corrected chi connectivity index (χ4v) is 8.13. The Labute approximate surface area is 350 Å². The Morgan fingerprint density at radius 1 is 0.411 bits per heavy atom. The fourth-order valence-electron chi connectivity index (χ4n) is 8.13. The van der Waals surface area contributed by atoms with Gasteiger partial charge in [-0.2, -0.15) is 0 Å². The number of carbonyl (C=O) groups excluding carboxylic acids is 1. The first-order valence-corrected chi connectivity index (χ1v) is 25.5. The Bertz CT molecular complexity index is 788. The summed E-state index contributed by atoms with van der Waals surface area (Å²) in [6.45, 7) is 4.26. The molecule has 5 heteroatoms. The summed E-state index contributed by atoms with van der Waals surface area (Å²) in [4.78, 5) is 12.5. The SMILES string of the molecule is CCCCCCCCCCCCCC/C=C\CCCCCCCCCCCCCC(O)C(=O)NC(CO)C(O)CCCCCCCCCCCCCCCCC. The normalized spacial score (nSPS) is 13.4. The second-order valence-electron chi connectivity index (χ2n) is 17.7. The Balaban J connectivity index is 3.53. The molecule has 0 fully saturated rings. The van der Waals surface area contributed by atoms with Crippen LogP contribution in [0.15, 0.2) is 12.2 Å².